The van der Waals surface area contributed by atoms with Gasteiger partial charge in [0, 0.05) is 7.05 Å². The number of halogens is 2. The summed E-state index contributed by atoms with van der Waals surface area (Å²) in [6, 6.07) is 18.6. The van der Waals surface area contributed by atoms with E-state index in [1.54, 1.807) is 36.3 Å². The Balaban J connectivity index is 1.35. The zero-order chi connectivity index (χ0) is 27.2. The summed E-state index contributed by atoms with van der Waals surface area (Å²) < 4.78 is 0. The maximum atomic E-state index is 12.7. The number of amides is 1. The Morgan fingerprint density at radius 2 is 1.74 bits per heavy atom. The predicted molar refractivity (Wildman–Crippen MR) is 157 cm³/mol. The number of carboxylic acid groups (broad SMARTS) is 1. The Bertz CT molecular complexity index is 1350. The molecule has 4 rings (SSSR count). The average molecular weight is 572 g/mol. The second-order valence-corrected chi connectivity index (χ2v) is 10.7. The van der Waals surface area contributed by atoms with E-state index < -0.39 is 5.97 Å². The van der Waals surface area contributed by atoms with Gasteiger partial charge in [0.1, 0.15) is 0 Å². The predicted octanol–water partition coefficient (Wildman–Crippen LogP) is 6.45. The third-order valence-corrected chi connectivity index (χ3v) is 7.53. The molecule has 10 heteroatoms. The molecular weight excluding hydrogens is 543 g/mol. The summed E-state index contributed by atoms with van der Waals surface area (Å²) in [5.74, 6) is -0.399. The van der Waals surface area contributed by atoms with Crippen LogP contribution in [0.2, 0.25) is 10.0 Å². The Hall–Kier alpha value is -3.01. The largest absolute Gasteiger partial charge is 0.481 e. The molecule has 0 aromatic heterocycles. The summed E-state index contributed by atoms with van der Waals surface area (Å²) in [6.07, 6.45) is 2.36. The van der Waals surface area contributed by atoms with E-state index in [0.717, 1.165) is 22.4 Å². The monoisotopic (exact) mass is 570 g/mol. The van der Waals surface area contributed by atoms with Crippen molar-refractivity contribution in [1.82, 2.24) is 11.0 Å². The molecule has 4 N–H and O–H groups in total. The Kier molecular flexibility index (Phi) is 9.35. The quantitative estimate of drug-likeness (QED) is 0.186. The number of hydrazine groups is 2. The molecule has 1 amide bonds. The van der Waals surface area contributed by atoms with E-state index in [-0.39, 0.29) is 18.1 Å². The number of carbonyl (C=O) groups excluding carboxylic acids is 1. The first-order valence-corrected chi connectivity index (χ1v) is 13.7. The molecule has 3 aromatic rings. The Labute approximate surface area is 236 Å². The van der Waals surface area contributed by atoms with E-state index in [0.29, 0.717) is 26.7 Å². The van der Waals surface area contributed by atoms with Gasteiger partial charge < -0.3 is 10.4 Å². The number of benzene rings is 3. The van der Waals surface area contributed by atoms with Crippen LogP contribution in [0.3, 0.4) is 0 Å². The zero-order valence-electron chi connectivity index (χ0n) is 20.8. The van der Waals surface area contributed by atoms with E-state index in [1.807, 2.05) is 30.3 Å². The SMILES string of the molecule is C=C(SCC(=O)Nc1ccc(-c2ccc(CC(=O)O)cc2)cc1Cl)N(NNC)c1ccc(C2CC2)cc1Cl. The summed E-state index contributed by atoms with van der Waals surface area (Å²) in [4.78, 5) is 23.6. The summed E-state index contributed by atoms with van der Waals surface area (Å²) in [5, 5.41) is 15.1. The highest BCUT2D eigenvalue weighted by molar-refractivity contribution is 8.03. The van der Waals surface area contributed by atoms with Gasteiger partial charge in [-0.1, -0.05) is 77.9 Å². The van der Waals surface area contributed by atoms with E-state index in [4.69, 9.17) is 28.3 Å². The summed E-state index contributed by atoms with van der Waals surface area (Å²) in [7, 11) is 1.74. The van der Waals surface area contributed by atoms with Crippen LogP contribution in [0.25, 0.3) is 11.1 Å². The number of hydrogen-bond acceptors (Lipinski definition) is 6. The van der Waals surface area contributed by atoms with Crippen molar-refractivity contribution < 1.29 is 14.7 Å². The minimum atomic E-state index is -0.875. The lowest BCUT2D eigenvalue weighted by atomic mass is 10.0. The van der Waals surface area contributed by atoms with Gasteiger partial charge in [0.2, 0.25) is 5.91 Å². The molecule has 7 nitrogen and oxygen atoms in total. The topological polar surface area (TPSA) is 93.7 Å². The van der Waals surface area contributed by atoms with E-state index in [1.165, 1.54) is 30.2 Å². The molecule has 198 valence electrons. The van der Waals surface area contributed by atoms with Crippen molar-refractivity contribution in [3.63, 3.8) is 0 Å². The van der Waals surface area contributed by atoms with Gasteiger partial charge in [0.15, 0.2) is 0 Å². The first-order chi connectivity index (χ1) is 18.2. The van der Waals surface area contributed by atoms with Gasteiger partial charge in [-0.3, -0.25) is 14.6 Å². The molecule has 1 aliphatic rings. The minimum absolute atomic E-state index is 0.0288. The van der Waals surface area contributed by atoms with Crippen LogP contribution in [-0.4, -0.2) is 29.8 Å². The van der Waals surface area contributed by atoms with Crippen molar-refractivity contribution in [2.45, 2.75) is 25.2 Å². The van der Waals surface area contributed by atoms with Crippen molar-refractivity contribution in [3.05, 3.63) is 93.4 Å². The van der Waals surface area contributed by atoms with Crippen LogP contribution >= 0.6 is 35.0 Å². The van der Waals surface area contributed by atoms with E-state index in [9.17, 15) is 9.59 Å². The highest BCUT2D eigenvalue weighted by Crippen LogP contribution is 2.42. The van der Waals surface area contributed by atoms with Crippen LogP contribution in [0.5, 0.6) is 0 Å². The number of aliphatic carboxylic acids is 1. The van der Waals surface area contributed by atoms with Crippen molar-refractivity contribution in [2.75, 3.05) is 23.1 Å². The van der Waals surface area contributed by atoms with Crippen LogP contribution in [0.15, 0.2) is 72.3 Å². The van der Waals surface area contributed by atoms with Crippen molar-refractivity contribution in [2.24, 2.45) is 0 Å². The van der Waals surface area contributed by atoms with Gasteiger partial charge in [-0.15, -0.1) is 0 Å². The fourth-order valence-electron chi connectivity index (χ4n) is 3.93. The molecule has 38 heavy (non-hydrogen) atoms. The molecule has 0 saturated heterocycles. The molecule has 0 bridgehead atoms. The average Bonchev–Trinajstić information content (AvgIpc) is 3.73. The van der Waals surface area contributed by atoms with Gasteiger partial charge in [-0.25, -0.2) is 5.43 Å². The smallest absolute Gasteiger partial charge is 0.307 e. The number of carboxylic acids is 1. The van der Waals surface area contributed by atoms with Gasteiger partial charge in [0.25, 0.3) is 0 Å². The number of rotatable bonds is 12. The molecular formula is C28H28Cl2N4O3S. The van der Waals surface area contributed by atoms with Crippen molar-refractivity contribution in [1.29, 1.82) is 0 Å². The molecule has 0 atom stereocenters. The Morgan fingerprint density at radius 1 is 1.03 bits per heavy atom. The van der Waals surface area contributed by atoms with Crippen LogP contribution in [0, 0.1) is 0 Å². The molecule has 0 aliphatic heterocycles. The molecule has 0 spiro atoms. The van der Waals surface area contributed by atoms with Crippen molar-refractivity contribution >= 4 is 58.2 Å². The number of carbonyl (C=O) groups is 2. The molecule has 1 fully saturated rings. The summed E-state index contributed by atoms with van der Waals surface area (Å²) in [5.41, 5.74) is 10.8. The fourth-order valence-corrected chi connectivity index (χ4v) is 5.07. The lowest BCUT2D eigenvalue weighted by Gasteiger charge is -2.27. The first-order valence-electron chi connectivity index (χ1n) is 12.0. The lowest BCUT2D eigenvalue weighted by Crippen LogP contribution is -2.44. The molecule has 0 radical (unpaired) electrons. The first kappa shape index (κ1) is 28.0. The molecule has 0 heterocycles. The highest BCUT2D eigenvalue weighted by Gasteiger charge is 2.25. The molecule has 1 saturated carbocycles. The van der Waals surface area contributed by atoms with Crippen LogP contribution < -0.4 is 21.3 Å². The molecule has 1 aliphatic carbocycles. The second-order valence-electron chi connectivity index (χ2n) is 8.87. The Morgan fingerprint density at radius 3 is 2.34 bits per heavy atom. The normalized spacial score (nSPS) is 12.7. The van der Waals surface area contributed by atoms with Crippen molar-refractivity contribution in [3.8, 4) is 11.1 Å². The number of nitrogens with zero attached hydrogens (tertiary/aromatic N) is 1. The maximum Gasteiger partial charge on any atom is 0.307 e. The summed E-state index contributed by atoms with van der Waals surface area (Å²) >= 11 is 14.3. The number of anilines is 2. The number of hydrogen-bond donors (Lipinski definition) is 4. The molecule has 3 aromatic carbocycles. The standard InChI is InChI=1S/C28H28Cl2N4O3S/c1-17(34(33-31-2)26-12-10-22(15-24(26)30)20-7-8-20)38-16-27(35)32-25-11-9-21(14-23(25)29)19-5-3-18(4-6-19)13-28(36)37/h3-6,9-12,14-15,20,31,33H,1,7-8,13,16H2,2H3,(H,32,35)(H,36,37). The van der Waals surface area contributed by atoms with Crippen LogP contribution in [0.1, 0.15) is 29.9 Å². The fraction of sp³-hybridized carbons (Fsp3) is 0.214. The number of nitrogens with one attached hydrogen (secondary N) is 3. The molecule has 0 unspecified atom stereocenters. The van der Waals surface area contributed by atoms with Gasteiger partial charge in [-0.2, -0.15) is 5.53 Å². The van der Waals surface area contributed by atoms with Crippen LogP contribution in [0.4, 0.5) is 11.4 Å². The van der Waals surface area contributed by atoms with Gasteiger partial charge >= 0.3 is 5.97 Å². The minimum Gasteiger partial charge on any atom is -0.481 e. The second kappa shape index (κ2) is 12.7. The van der Waals surface area contributed by atoms with Gasteiger partial charge in [0.05, 0.1) is 38.6 Å². The van der Waals surface area contributed by atoms with Gasteiger partial charge in [-0.05, 0) is 65.3 Å². The lowest BCUT2D eigenvalue weighted by molar-refractivity contribution is -0.136. The highest BCUT2D eigenvalue weighted by atomic mass is 35.5. The third kappa shape index (κ3) is 7.30. The zero-order valence-corrected chi connectivity index (χ0v) is 23.1. The number of thioether (sulfide) groups is 1. The maximum absolute atomic E-state index is 12.7. The van der Waals surface area contributed by atoms with Crippen LogP contribution in [-0.2, 0) is 16.0 Å². The third-order valence-electron chi connectivity index (χ3n) is 5.99. The summed E-state index contributed by atoms with van der Waals surface area (Å²) in [6.45, 7) is 4.11. The van der Waals surface area contributed by atoms with E-state index in [2.05, 4.69) is 28.9 Å². The van der Waals surface area contributed by atoms with E-state index >= 15 is 0 Å².